The Labute approximate surface area is 143 Å². The molecule has 0 fully saturated rings. The molecule has 10 nitrogen and oxygen atoms in total. The second-order valence-electron chi connectivity index (χ2n) is 5.21. The van der Waals surface area contributed by atoms with Crippen LogP contribution in [-0.2, 0) is 22.6 Å². The van der Waals surface area contributed by atoms with Gasteiger partial charge in [0.15, 0.2) is 12.0 Å². The molecule has 0 radical (unpaired) electrons. The van der Waals surface area contributed by atoms with Gasteiger partial charge in [-0.25, -0.2) is 9.48 Å². The van der Waals surface area contributed by atoms with Gasteiger partial charge in [-0.05, 0) is 5.56 Å². The van der Waals surface area contributed by atoms with E-state index in [0.29, 0.717) is 24.2 Å². The Balaban J connectivity index is 1.94. The van der Waals surface area contributed by atoms with Crippen molar-refractivity contribution in [3.05, 3.63) is 47.8 Å². The zero-order valence-corrected chi connectivity index (χ0v) is 13.4. The third-order valence-electron chi connectivity index (χ3n) is 3.24. The molecule has 0 bridgehead atoms. The minimum Gasteiger partial charge on any atom is -0.479 e. The number of carboxylic acid groups (broad SMARTS) is 1. The van der Waals surface area contributed by atoms with E-state index in [1.165, 1.54) is 4.68 Å². The van der Waals surface area contributed by atoms with Crippen LogP contribution in [0.25, 0.3) is 0 Å². The summed E-state index contributed by atoms with van der Waals surface area (Å²) in [6.45, 7) is 0.216. The number of nitrogens with one attached hydrogen (secondary N) is 1. The van der Waals surface area contributed by atoms with Gasteiger partial charge in [0.2, 0.25) is 5.91 Å². The fourth-order valence-corrected chi connectivity index (χ4v) is 2.12. The number of carboxylic acids is 1. The SMILES string of the molecule is NC(N)=NCCc1cn(CC(=O)N[C@@H](C(=O)O)c2ccccc2)nn1. The van der Waals surface area contributed by atoms with Crippen molar-refractivity contribution in [1.29, 1.82) is 0 Å². The zero-order chi connectivity index (χ0) is 18.2. The molecule has 1 aromatic carbocycles. The van der Waals surface area contributed by atoms with E-state index in [0.717, 1.165) is 0 Å². The van der Waals surface area contributed by atoms with Crippen molar-refractivity contribution >= 4 is 17.8 Å². The smallest absolute Gasteiger partial charge is 0.330 e. The predicted octanol–water partition coefficient (Wildman–Crippen LogP) is -0.964. The van der Waals surface area contributed by atoms with Crippen LogP contribution in [0, 0.1) is 0 Å². The van der Waals surface area contributed by atoms with Crippen LogP contribution in [0.1, 0.15) is 17.3 Å². The van der Waals surface area contributed by atoms with Crippen LogP contribution in [0.5, 0.6) is 0 Å². The molecule has 6 N–H and O–H groups in total. The average Bonchev–Trinajstić information content (AvgIpc) is 3.00. The molecule has 0 saturated carbocycles. The molecule has 1 heterocycles. The number of amides is 1. The minimum absolute atomic E-state index is 0.00704. The fraction of sp³-hybridized carbons (Fsp3) is 0.267. The van der Waals surface area contributed by atoms with Gasteiger partial charge in [0.1, 0.15) is 6.54 Å². The summed E-state index contributed by atoms with van der Waals surface area (Å²) >= 11 is 0. The van der Waals surface area contributed by atoms with E-state index in [4.69, 9.17) is 11.5 Å². The molecule has 1 aromatic heterocycles. The first kappa shape index (κ1) is 17.9. The van der Waals surface area contributed by atoms with E-state index in [1.807, 2.05) is 0 Å². The Kier molecular flexibility index (Phi) is 6.04. The first-order valence-electron chi connectivity index (χ1n) is 7.47. The predicted molar refractivity (Wildman–Crippen MR) is 89.4 cm³/mol. The first-order valence-corrected chi connectivity index (χ1v) is 7.47. The van der Waals surface area contributed by atoms with Crippen molar-refractivity contribution in [2.45, 2.75) is 19.0 Å². The van der Waals surface area contributed by atoms with Gasteiger partial charge in [0.25, 0.3) is 0 Å². The summed E-state index contributed by atoms with van der Waals surface area (Å²) in [5.74, 6) is -1.64. The summed E-state index contributed by atoms with van der Waals surface area (Å²) in [5.41, 5.74) is 11.6. The number of aliphatic carboxylic acids is 1. The molecule has 2 aromatic rings. The summed E-state index contributed by atoms with van der Waals surface area (Å²) in [6.07, 6.45) is 2.06. The van der Waals surface area contributed by atoms with Gasteiger partial charge in [-0.2, -0.15) is 0 Å². The van der Waals surface area contributed by atoms with Crippen molar-refractivity contribution in [2.24, 2.45) is 16.5 Å². The molecule has 10 heteroatoms. The number of aliphatic imine (C=N–C) groups is 1. The molecule has 132 valence electrons. The van der Waals surface area contributed by atoms with Crippen LogP contribution in [0.4, 0.5) is 0 Å². The highest BCUT2D eigenvalue weighted by Crippen LogP contribution is 2.12. The topological polar surface area (TPSA) is 162 Å². The maximum absolute atomic E-state index is 12.1. The number of hydrogen-bond acceptors (Lipinski definition) is 5. The van der Waals surface area contributed by atoms with E-state index < -0.39 is 17.9 Å². The van der Waals surface area contributed by atoms with Crippen molar-refractivity contribution in [3.8, 4) is 0 Å². The third-order valence-corrected chi connectivity index (χ3v) is 3.24. The molecule has 0 unspecified atom stereocenters. The first-order chi connectivity index (χ1) is 12.0. The number of nitrogens with zero attached hydrogens (tertiary/aromatic N) is 4. The number of nitrogens with two attached hydrogens (primary N) is 2. The van der Waals surface area contributed by atoms with Crippen LogP contribution >= 0.6 is 0 Å². The van der Waals surface area contributed by atoms with Gasteiger partial charge in [0, 0.05) is 19.2 Å². The second kappa shape index (κ2) is 8.43. The second-order valence-corrected chi connectivity index (χ2v) is 5.21. The molecule has 1 atom stereocenters. The van der Waals surface area contributed by atoms with Crippen LogP contribution in [-0.4, -0.2) is 44.5 Å². The molecular weight excluding hydrogens is 326 g/mol. The monoisotopic (exact) mass is 345 g/mol. The maximum atomic E-state index is 12.1. The van der Waals surface area contributed by atoms with Gasteiger partial charge in [0.05, 0.1) is 5.69 Å². The standard InChI is InChI=1S/C15H19N7O3/c16-15(17)18-7-6-11-8-22(21-20-11)9-12(23)19-13(14(24)25)10-4-2-1-3-5-10/h1-5,8,13H,6-7,9H2,(H,19,23)(H,24,25)(H4,16,17,18)/t13-/m1/s1. The molecule has 0 aliphatic carbocycles. The van der Waals surface area contributed by atoms with E-state index in [2.05, 4.69) is 20.6 Å². The summed E-state index contributed by atoms with van der Waals surface area (Å²) in [5, 5.41) is 19.5. The van der Waals surface area contributed by atoms with E-state index in [1.54, 1.807) is 36.5 Å². The van der Waals surface area contributed by atoms with Crippen LogP contribution in [0.3, 0.4) is 0 Å². The number of guanidine groups is 1. The van der Waals surface area contributed by atoms with Gasteiger partial charge in [-0.15, -0.1) is 5.10 Å². The van der Waals surface area contributed by atoms with Crippen molar-refractivity contribution in [3.63, 3.8) is 0 Å². The quantitative estimate of drug-likeness (QED) is 0.353. The number of aromatic nitrogens is 3. The van der Waals surface area contributed by atoms with Crippen molar-refractivity contribution < 1.29 is 14.7 Å². The lowest BCUT2D eigenvalue weighted by Gasteiger charge is -2.14. The lowest BCUT2D eigenvalue weighted by atomic mass is 10.1. The Morgan fingerprint density at radius 3 is 2.64 bits per heavy atom. The van der Waals surface area contributed by atoms with Gasteiger partial charge in [-0.1, -0.05) is 35.5 Å². The molecule has 2 rings (SSSR count). The average molecular weight is 345 g/mol. The fourth-order valence-electron chi connectivity index (χ4n) is 2.12. The van der Waals surface area contributed by atoms with Gasteiger partial charge in [-0.3, -0.25) is 9.79 Å². The normalized spacial score (nSPS) is 11.5. The highest BCUT2D eigenvalue weighted by molar-refractivity contribution is 5.84. The Morgan fingerprint density at radius 1 is 1.28 bits per heavy atom. The summed E-state index contributed by atoms with van der Waals surface area (Å²) in [6, 6.07) is 7.32. The molecule has 0 saturated heterocycles. The molecule has 0 aliphatic heterocycles. The highest BCUT2D eigenvalue weighted by Gasteiger charge is 2.22. The van der Waals surface area contributed by atoms with Crippen LogP contribution < -0.4 is 16.8 Å². The largest absolute Gasteiger partial charge is 0.479 e. The van der Waals surface area contributed by atoms with E-state index in [9.17, 15) is 14.7 Å². The molecule has 1 amide bonds. The minimum atomic E-state index is -1.14. The summed E-state index contributed by atoms with van der Waals surface area (Å²) < 4.78 is 1.32. The van der Waals surface area contributed by atoms with Crippen molar-refractivity contribution in [1.82, 2.24) is 20.3 Å². The third kappa shape index (κ3) is 5.61. The number of rotatable bonds is 8. The number of benzene rings is 1. The Hall–Kier alpha value is -3.43. The Bertz CT molecular complexity index is 753. The maximum Gasteiger partial charge on any atom is 0.330 e. The molecule has 25 heavy (non-hydrogen) atoms. The van der Waals surface area contributed by atoms with Gasteiger partial charge >= 0.3 is 5.97 Å². The molecule has 0 spiro atoms. The zero-order valence-electron chi connectivity index (χ0n) is 13.4. The summed E-state index contributed by atoms with van der Waals surface area (Å²) in [4.78, 5) is 27.3. The van der Waals surface area contributed by atoms with Gasteiger partial charge < -0.3 is 21.9 Å². The lowest BCUT2D eigenvalue weighted by molar-refractivity contribution is -0.142. The number of carbonyl (C=O) groups is 2. The van der Waals surface area contributed by atoms with Crippen molar-refractivity contribution in [2.75, 3.05) is 6.54 Å². The molecular formula is C15H19N7O3. The van der Waals surface area contributed by atoms with Crippen LogP contribution in [0.15, 0.2) is 41.5 Å². The summed E-state index contributed by atoms with van der Waals surface area (Å²) in [7, 11) is 0. The number of carbonyl (C=O) groups excluding carboxylic acids is 1. The number of hydrogen-bond donors (Lipinski definition) is 4. The van der Waals surface area contributed by atoms with Crippen LogP contribution in [0.2, 0.25) is 0 Å². The van der Waals surface area contributed by atoms with E-state index >= 15 is 0 Å². The molecule has 0 aliphatic rings. The highest BCUT2D eigenvalue weighted by atomic mass is 16.4. The lowest BCUT2D eigenvalue weighted by Crippen LogP contribution is -2.36. The Morgan fingerprint density at radius 2 is 2.00 bits per heavy atom. The van der Waals surface area contributed by atoms with E-state index in [-0.39, 0.29) is 12.5 Å².